The van der Waals surface area contributed by atoms with E-state index >= 15 is 0 Å². The van der Waals surface area contributed by atoms with E-state index in [0.29, 0.717) is 5.11 Å². The normalized spacial score (nSPS) is 16.4. The number of thiocarbonyl (C=S) groups is 1. The van der Waals surface area contributed by atoms with Crippen LogP contribution in [0, 0.1) is 0 Å². The largest absolute Gasteiger partial charge is 0.379 e. The maximum atomic E-state index is 5.32. The number of ether oxygens (including phenoxy) is 1. The van der Waals surface area contributed by atoms with Gasteiger partial charge in [0.25, 0.3) is 0 Å². The highest BCUT2D eigenvalue weighted by Crippen LogP contribution is 2.01. The second-order valence-electron chi connectivity index (χ2n) is 4.49. The average molecular weight is 312 g/mol. The van der Waals surface area contributed by atoms with E-state index in [2.05, 4.69) is 20.7 Å². The van der Waals surface area contributed by atoms with Crippen molar-refractivity contribution in [3.05, 3.63) is 22.4 Å². The molecule has 1 aliphatic heterocycles. The maximum Gasteiger partial charge on any atom is 0.186 e. The summed E-state index contributed by atoms with van der Waals surface area (Å²) >= 11 is 6.80. The van der Waals surface area contributed by atoms with Crippen molar-refractivity contribution in [1.82, 2.24) is 15.6 Å². The summed E-state index contributed by atoms with van der Waals surface area (Å²) in [5.74, 6) is 0. The van der Waals surface area contributed by atoms with E-state index in [1.807, 2.05) is 16.8 Å². The lowest BCUT2D eigenvalue weighted by atomic mass is 10.3. The van der Waals surface area contributed by atoms with Gasteiger partial charge in [-0.1, -0.05) is 0 Å². The smallest absolute Gasteiger partial charge is 0.186 e. The van der Waals surface area contributed by atoms with Crippen LogP contribution in [-0.4, -0.2) is 55.6 Å². The van der Waals surface area contributed by atoms with Crippen molar-refractivity contribution >= 4 is 34.9 Å². The number of hydrogen-bond acceptors (Lipinski definition) is 5. The minimum atomic E-state index is 0.568. The number of nitrogens with zero attached hydrogens (tertiary/aromatic N) is 2. The second-order valence-corrected chi connectivity index (χ2v) is 5.68. The molecule has 0 unspecified atom stereocenters. The van der Waals surface area contributed by atoms with Gasteiger partial charge >= 0.3 is 0 Å². The monoisotopic (exact) mass is 312 g/mol. The molecule has 0 aromatic carbocycles. The van der Waals surface area contributed by atoms with Gasteiger partial charge in [-0.2, -0.15) is 16.4 Å². The fourth-order valence-corrected chi connectivity index (χ4v) is 2.65. The van der Waals surface area contributed by atoms with Crippen LogP contribution in [0.2, 0.25) is 0 Å². The van der Waals surface area contributed by atoms with Crippen LogP contribution in [0.15, 0.2) is 21.9 Å². The highest BCUT2D eigenvalue weighted by atomic mass is 32.1. The van der Waals surface area contributed by atoms with Gasteiger partial charge in [-0.3, -0.25) is 10.3 Å². The Kier molecular flexibility index (Phi) is 6.93. The minimum absolute atomic E-state index is 0.568. The zero-order chi connectivity index (χ0) is 14.0. The molecule has 0 aliphatic carbocycles. The molecule has 5 nitrogen and oxygen atoms in total. The van der Waals surface area contributed by atoms with Crippen LogP contribution in [0.3, 0.4) is 0 Å². The second kappa shape index (κ2) is 9.02. The van der Waals surface area contributed by atoms with Crippen molar-refractivity contribution in [2.75, 3.05) is 39.4 Å². The molecule has 0 atom stereocenters. The standard InChI is InChI=1S/C13H20N4OS2/c19-13(16-15-10-12-2-9-20-11-12)14-3-1-4-17-5-7-18-8-6-17/h2,9-11H,1,3-8H2,(H2,14,16,19). The average Bonchev–Trinajstić information content (AvgIpc) is 2.98. The van der Waals surface area contributed by atoms with Crippen LogP contribution in [0.25, 0.3) is 0 Å². The van der Waals surface area contributed by atoms with E-state index in [1.165, 1.54) is 0 Å². The predicted octanol–water partition coefficient (Wildman–Crippen LogP) is 1.27. The first-order valence-corrected chi connectivity index (χ1v) is 8.09. The van der Waals surface area contributed by atoms with Crippen LogP contribution in [0.4, 0.5) is 0 Å². The third kappa shape index (κ3) is 5.96. The van der Waals surface area contributed by atoms with Crippen LogP contribution < -0.4 is 10.7 Å². The zero-order valence-electron chi connectivity index (χ0n) is 11.4. The lowest BCUT2D eigenvalue weighted by Crippen LogP contribution is -2.39. The van der Waals surface area contributed by atoms with Crippen molar-refractivity contribution in [2.24, 2.45) is 5.10 Å². The first kappa shape index (κ1) is 15.4. The first-order chi connectivity index (χ1) is 9.84. The highest BCUT2D eigenvalue weighted by molar-refractivity contribution is 7.80. The Bertz CT molecular complexity index is 416. The van der Waals surface area contributed by atoms with Gasteiger partial charge < -0.3 is 10.1 Å². The van der Waals surface area contributed by atoms with Crippen molar-refractivity contribution in [3.63, 3.8) is 0 Å². The molecule has 0 bridgehead atoms. The first-order valence-electron chi connectivity index (χ1n) is 6.74. The molecule has 1 saturated heterocycles. The lowest BCUT2D eigenvalue weighted by molar-refractivity contribution is 0.0376. The van der Waals surface area contributed by atoms with Crippen molar-refractivity contribution in [3.8, 4) is 0 Å². The summed E-state index contributed by atoms with van der Waals surface area (Å²) in [5, 5.41) is 11.9. The Morgan fingerprint density at radius 2 is 2.35 bits per heavy atom. The van der Waals surface area contributed by atoms with Crippen molar-refractivity contribution in [1.29, 1.82) is 0 Å². The molecule has 1 aromatic rings. The number of hydrazone groups is 1. The van der Waals surface area contributed by atoms with Crippen molar-refractivity contribution < 1.29 is 4.74 Å². The number of rotatable bonds is 6. The van der Waals surface area contributed by atoms with Gasteiger partial charge in [-0.25, -0.2) is 0 Å². The fourth-order valence-electron chi connectivity index (χ4n) is 1.88. The zero-order valence-corrected chi connectivity index (χ0v) is 13.0. The fraction of sp³-hybridized carbons (Fsp3) is 0.538. The van der Waals surface area contributed by atoms with E-state index in [9.17, 15) is 0 Å². The Labute approximate surface area is 129 Å². The molecule has 1 aliphatic rings. The van der Waals surface area contributed by atoms with Crippen LogP contribution >= 0.6 is 23.6 Å². The van der Waals surface area contributed by atoms with Gasteiger partial charge in [-0.15, -0.1) is 0 Å². The summed E-state index contributed by atoms with van der Waals surface area (Å²) in [6, 6.07) is 2.01. The van der Waals surface area contributed by atoms with Gasteiger partial charge in [0.05, 0.1) is 19.4 Å². The predicted molar refractivity (Wildman–Crippen MR) is 87.5 cm³/mol. The van der Waals surface area contributed by atoms with E-state index in [4.69, 9.17) is 17.0 Å². The Morgan fingerprint density at radius 3 is 3.10 bits per heavy atom. The molecule has 0 radical (unpaired) electrons. The molecule has 1 aromatic heterocycles. The summed E-state index contributed by atoms with van der Waals surface area (Å²) in [7, 11) is 0. The van der Waals surface area contributed by atoms with Crippen molar-refractivity contribution in [2.45, 2.75) is 6.42 Å². The molecule has 20 heavy (non-hydrogen) atoms. The third-order valence-electron chi connectivity index (χ3n) is 2.96. The van der Waals surface area contributed by atoms with Gasteiger partial charge in [0, 0.05) is 25.2 Å². The van der Waals surface area contributed by atoms with Gasteiger partial charge in [0.2, 0.25) is 0 Å². The molecule has 0 saturated carbocycles. The summed E-state index contributed by atoms with van der Waals surface area (Å²) in [4.78, 5) is 2.41. The van der Waals surface area contributed by atoms with Gasteiger partial charge in [0.1, 0.15) is 0 Å². The Morgan fingerprint density at radius 1 is 1.50 bits per heavy atom. The summed E-state index contributed by atoms with van der Waals surface area (Å²) < 4.78 is 5.32. The van der Waals surface area contributed by atoms with Gasteiger partial charge in [-0.05, 0) is 42.0 Å². The molecule has 0 spiro atoms. The summed E-state index contributed by atoms with van der Waals surface area (Å²) in [5.41, 5.74) is 3.90. The molecule has 110 valence electrons. The molecular formula is C13H20N4OS2. The molecule has 2 heterocycles. The Hall–Kier alpha value is -1.02. The highest BCUT2D eigenvalue weighted by Gasteiger charge is 2.08. The molecule has 1 fully saturated rings. The van der Waals surface area contributed by atoms with E-state index in [0.717, 1.165) is 51.4 Å². The molecular weight excluding hydrogens is 292 g/mol. The SMILES string of the molecule is S=C(NCCCN1CCOCC1)NN=Cc1ccsc1. The molecule has 2 N–H and O–H groups in total. The van der Waals surface area contributed by atoms with E-state index in [-0.39, 0.29) is 0 Å². The topological polar surface area (TPSA) is 48.9 Å². The summed E-state index contributed by atoms with van der Waals surface area (Å²) in [6.45, 7) is 5.71. The molecule has 2 rings (SSSR count). The number of thiophene rings is 1. The molecule has 7 heteroatoms. The third-order valence-corrected chi connectivity index (χ3v) is 3.90. The van der Waals surface area contributed by atoms with Crippen LogP contribution in [-0.2, 0) is 4.74 Å². The minimum Gasteiger partial charge on any atom is -0.379 e. The number of nitrogens with one attached hydrogen (secondary N) is 2. The Balaban J connectivity index is 1.51. The quantitative estimate of drug-likeness (QED) is 0.358. The van der Waals surface area contributed by atoms with Gasteiger partial charge in [0.15, 0.2) is 5.11 Å². The number of hydrogen-bond donors (Lipinski definition) is 2. The maximum absolute atomic E-state index is 5.32. The van der Waals surface area contributed by atoms with Crippen LogP contribution in [0.1, 0.15) is 12.0 Å². The van der Waals surface area contributed by atoms with Crippen LogP contribution in [0.5, 0.6) is 0 Å². The number of morpholine rings is 1. The molecule has 0 amide bonds. The lowest BCUT2D eigenvalue weighted by Gasteiger charge is -2.26. The summed E-state index contributed by atoms with van der Waals surface area (Å²) in [6.07, 6.45) is 2.83. The van der Waals surface area contributed by atoms with E-state index in [1.54, 1.807) is 17.6 Å². The van der Waals surface area contributed by atoms with E-state index < -0.39 is 0 Å².